The molecule has 1 aliphatic carbocycles. The molecule has 2 atom stereocenters. The van der Waals surface area contributed by atoms with Crippen LogP contribution in [0.5, 0.6) is 0 Å². The maximum Gasteiger partial charge on any atom is 0.170 e. The Labute approximate surface area is 87.5 Å². The molecule has 0 saturated heterocycles. The SMILES string of the molecule is O=C1c2cc(F)ccc2N[C@H]2CCC[C@H]12. The molecule has 0 unspecified atom stereocenters. The van der Waals surface area contributed by atoms with E-state index >= 15 is 0 Å². The molecule has 2 nitrogen and oxygen atoms in total. The van der Waals surface area contributed by atoms with Gasteiger partial charge in [-0.15, -0.1) is 0 Å². The number of nitrogens with one attached hydrogen (secondary N) is 1. The van der Waals surface area contributed by atoms with Gasteiger partial charge in [-0.25, -0.2) is 4.39 Å². The minimum Gasteiger partial charge on any atom is -0.381 e. The van der Waals surface area contributed by atoms with Gasteiger partial charge in [-0.1, -0.05) is 6.42 Å². The number of anilines is 1. The van der Waals surface area contributed by atoms with E-state index in [1.807, 2.05) is 0 Å². The molecule has 1 N–H and O–H groups in total. The number of Topliss-reactive ketones (excluding diaryl/α,β-unsaturated/α-hetero) is 1. The Morgan fingerprint density at radius 2 is 2.20 bits per heavy atom. The van der Waals surface area contributed by atoms with Crippen molar-refractivity contribution in [3.63, 3.8) is 0 Å². The lowest BCUT2D eigenvalue weighted by molar-refractivity contribution is 0.0911. The zero-order valence-corrected chi connectivity index (χ0v) is 8.29. The number of hydrogen-bond donors (Lipinski definition) is 1. The maximum atomic E-state index is 13.0. The molecule has 1 aliphatic heterocycles. The highest BCUT2D eigenvalue weighted by Crippen LogP contribution is 2.37. The first-order valence-electron chi connectivity index (χ1n) is 5.36. The van der Waals surface area contributed by atoms with Gasteiger partial charge in [0.05, 0.1) is 0 Å². The summed E-state index contributed by atoms with van der Waals surface area (Å²) in [6.45, 7) is 0. The quantitative estimate of drug-likeness (QED) is 0.705. The van der Waals surface area contributed by atoms with Gasteiger partial charge in [0.1, 0.15) is 5.82 Å². The standard InChI is InChI=1S/C12H12FNO/c13-7-4-5-11-9(6-7)12(15)8-2-1-3-10(8)14-11/h4-6,8,10,14H,1-3H2/t8-,10-/m0/s1. The molecule has 1 aromatic carbocycles. The van der Waals surface area contributed by atoms with Crippen LogP contribution in [-0.2, 0) is 0 Å². The lowest BCUT2D eigenvalue weighted by Crippen LogP contribution is -2.35. The zero-order valence-electron chi connectivity index (χ0n) is 8.29. The van der Waals surface area contributed by atoms with Crippen molar-refractivity contribution in [2.45, 2.75) is 25.3 Å². The molecule has 1 aromatic rings. The molecule has 1 fully saturated rings. The third-order valence-corrected chi connectivity index (χ3v) is 3.44. The average Bonchev–Trinajstić information content (AvgIpc) is 2.68. The summed E-state index contributed by atoms with van der Waals surface area (Å²) in [4.78, 5) is 12.0. The molecular weight excluding hydrogens is 193 g/mol. The summed E-state index contributed by atoms with van der Waals surface area (Å²) in [6, 6.07) is 4.68. The van der Waals surface area contributed by atoms with Gasteiger partial charge in [-0.2, -0.15) is 0 Å². The number of hydrogen-bond acceptors (Lipinski definition) is 2. The molecule has 0 bridgehead atoms. The molecule has 3 heteroatoms. The Morgan fingerprint density at radius 1 is 1.33 bits per heavy atom. The molecule has 0 amide bonds. The second kappa shape index (κ2) is 3.05. The van der Waals surface area contributed by atoms with Crippen LogP contribution in [-0.4, -0.2) is 11.8 Å². The lowest BCUT2D eigenvalue weighted by Gasteiger charge is -2.28. The topological polar surface area (TPSA) is 29.1 Å². The summed E-state index contributed by atoms with van der Waals surface area (Å²) in [5, 5.41) is 3.33. The number of carbonyl (C=O) groups excluding carboxylic acids is 1. The van der Waals surface area contributed by atoms with Crippen LogP contribution in [0.4, 0.5) is 10.1 Å². The number of carbonyl (C=O) groups is 1. The summed E-state index contributed by atoms with van der Waals surface area (Å²) >= 11 is 0. The highest BCUT2D eigenvalue weighted by Gasteiger charge is 2.38. The fourth-order valence-electron chi connectivity index (χ4n) is 2.69. The molecule has 78 valence electrons. The van der Waals surface area contributed by atoms with E-state index in [0.717, 1.165) is 24.9 Å². The summed E-state index contributed by atoms with van der Waals surface area (Å²) < 4.78 is 13.0. The van der Waals surface area contributed by atoms with Gasteiger partial charge in [0.15, 0.2) is 5.78 Å². The van der Waals surface area contributed by atoms with Crippen molar-refractivity contribution in [1.82, 2.24) is 0 Å². The zero-order chi connectivity index (χ0) is 10.4. The Bertz CT molecular complexity index is 430. The predicted octanol–water partition coefficient (Wildman–Crippen LogP) is 2.60. The van der Waals surface area contributed by atoms with Gasteiger partial charge < -0.3 is 5.32 Å². The average molecular weight is 205 g/mol. The first kappa shape index (κ1) is 8.89. The van der Waals surface area contributed by atoms with Crippen LogP contribution in [0.3, 0.4) is 0 Å². The molecule has 1 saturated carbocycles. The van der Waals surface area contributed by atoms with E-state index in [2.05, 4.69) is 5.32 Å². The van der Waals surface area contributed by atoms with Crippen LogP contribution in [0.15, 0.2) is 18.2 Å². The van der Waals surface area contributed by atoms with E-state index in [0.29, 0.717) is 5.56 Å². The van der Waals surface area contributed by atoms with Gasteiger partial charge in [0.2, 0.25) is 0 Å². The minimum atomic E-state index is -0.333. The van der Waals surface area contributed by atoms with Gasteiger partial charge >= 0.3 is 0 Å². The van der Waals surface area contributed by atoms with Crippen LogP contribution in [0.25, 0.3) is 0 Å². The molecule has 0 spiro atoms. The minimum absolute atomic E-state index is 0.0688. The molecule has 0 radical (unpaired) electrons. The summed E-state index contributed by atoms with van der Waals surface area (Å²) in [5.74, 6) is -0.148. The van der Waals surface area contributed by atoms with E-state index in [1.165, 1.54) is 12.1 Å². The number of halogens is 1. The van der Waals surface area contributed by atoms with Gasteiger partial charge in [0, 0.05) is 23.2 Å². The van der Waals surface area contributed by atoms with Crippen molar-refractivity contribution < 1.29 is 9.18 Å². The van der Waals surface area contributed by atoms with Gasteiger partial charge in [0.25, 0.3) is 0 Å². The van der Waals surface area contributed by atoms with Crippen molar-refractivity contribution in [3.8, 4) is 0 Å². The first-order valence-corrected chi connectivity index (χ1v) is 5.36. The van der Waals surface area contributed by atoms with Crippen LogP contribution in [0, 0.1) is 11.7 Å². The van der Waals surface area contributed by atoms with Crippen molar-refractivity contribution in [2.75, 3.05) is 5.32 Å². The number of rotatable bonds is 0. The van der Waals surface area contributed by atoms with Gasteiger partial charge in [-0.3, -0.25) is 4.79 Å². The fraction of sp³-hybridized carbons (Fsp3) is 0.417. The van der Waals surface area contributed by atoms with Crippen LogP contribution >= 0.6 is 0 Å². The lowest BCUT2D eigenvalue weighted by atomic mass is 9.88. The maximum absolute atomic E-state index is 13.0. The second-order valence-electron chi connectivity index (χ2n) is 4.34. The smallest absolute Gasteiger partial charge is 0.170 e. The molecule has 1 heterocycles. The van der Waals surface area contributed by atoms with E-state index in [-0.39, 0.29) is 23.6 Å². The number of ketones is 1. The number of fused-ring (bicyclic) bond motifs is 2. The Kier molecular flexibility index (Phi) is 1.81. The highest BCUT2D eigenvalue weighted by atomic mass is 19.1. The third kappa shape index (κ3) is 1.26. The Morgan fingerprint density at radius 3 is 3.07 bits per heavy atom. The normalized spacial score (nSPS) is 28.2. The Hall–Kier alpha value is -1.38. The largest absolute Gasteiger partial charge is 0.381 e. The van der Waals surface area contributed by atoms with E-state index in [9.17, 15) is 9.18 Å². The van der Waals surface area contributed by atoms with E-state index < -0.39 is 0 Å². The predicted molar refractivity (Wildman–Crippen MR) is 55.5 cm³/mol. The first-order chi connectivity index (χ1) is 7.25. The molecular formula is C12H12FNO. The van der Waals surface area contributed by atoms with Crippen molar-refractivity contribution >= 4 is 11.5 Å². The highest BCUT2D eigenvalue weighted by molar-refractivity contribution is 6.05. The van der Waals surface area contributed by atoms with Crippen LogP contribution in [0.1, 0.15) is 29.6 Å². The van der Waals surface area contributed by atoms with Crippen molar-refractivity contribution in [2.24, 2.45) is 5.92 Å². The van der Waals surface area contributed by atoms with E-state index in [1.54, 1.807) is 6.07 Å². The monoisotopic (exact) mass is 205 g/mol. The fourth-order valence-corrected chi connectivity index (χ4v) is 2.69. The summed E-state index contributed by atoms with van der Waals surface area (Å²) in [7, 11) is 0. The number of benzene rings is 1. The van der Waals surface area contributed by atoms with Crippen LogP contribution < -0.4 is 5.32 Å². The van der Waals surface area contributed by atoms with Gasteiger partial charge in [-0.05, 0) is 31.0 Å². The van der Waals surface area contributed by atoms with Crippen LogP contribution in [0.2, 0.25) is 0 Å². The van der Waals surface area contributed by atoms with Crippen molar-refractivity contribution in [1.29, 1.82) is 0 Å². The van der Waals surface area contributed by atoms with E-state index in [4.69, 9.17) is 0 Å². The summed E-state index contributed by atoms with van der Waals surface area (Å²) in [6.07, 6.45) is 3.07. The van der Waals surface area contributed by atoms with Crippen molar-refractivity contribution in [3.05, 3.63) is 29.6 Å². The summed E-state index contributed by atoms with van der Waals surface area (Å²) in [5.41, 5.74) is 1.32. The molecule has 2 aliphatic rings. The molecule has 15 heavy (non-hydrogen) atoms. The third-order valence-electron chi connectivity index (χ3n) is 3.44. The molecule has 0 aromatic heterocycles. The second-order valence-corrected chi connectivity index (χ2v) is 4.34. The molecule has 3 rings (SSSR count). The Balaban J connectivity index is 2.09.